The molecule has 0 unspecified atom stereocenters. The number of thioether (sulfide) groups is 1. The number of halogens is 1. The third-order valence-electron chi connectivity index (χ3n) is 3.50. The number of rotatable bonds is 6. The molecule has 2 aromatic carbocycles. The predicted molar refractivity (Wildman–Crippen MR) is 102 cm³/mol. The van der Waals surface area contributed by atoms with Crippen molar-refractivity contribution in [1.82, 2.24) is 0 Å². The molecule has 0 saturated carbocycles. The second-order valence-corrected chi connectivity index (χ2v) is 7.13. The van der Waals surface area contributed by atoms with Crippen molar-refractivity contribution < 1.29 is 14.3 Å². The maximum Gasteiger partial charge on any atom is 0.316 e. The van der Waals surface area contributed by atoms with Crippen LogP contribution in [0.3, 0.4) is 0 Å². The molecule has 0 atom stereocenters. The lowest BCUT2D eigenvalue weighted by Gasteiger charge is -2.12. The molecule has 0 bridgehead atoms. The van der Waals surface area contributed by atoms with Crippen molar-refractivity contribution in [2.24, 2.45) is 0 Å². The van der Waals surface area contributed by atoms with Gasteiger partial charge in [-0.2, -0.15) is 0 Å². The first-order valence-corrected chi connectivity index (χ1v) is 9.14. The topological polar surface area (TPSA) is 55.4 Å². The van der Waals surface area contributed by atoms with Crippen LogP contribution in [0.2, 0.25) is 5.02 Å². The molecular weight excluding hydrogens is 358 g/mol. The van der Waals surface area contributed by atoms with Crippen molar-refractivity contribution in [1.29, 1.82) is 0 Å². The van der Waals surface area contributed by atoms with Gasteiger partial charge >= 0.3 is 5.97 Å². The summed E-state index contributed by atoms with van der Waals surface area (Å²) in [6.07, 6.45) is 0. The van der Waals surface area contributed by atoms with Crippen LogP contribution in [0, 0.1) is 20.8 Å². The molecule has 2 aromatic rings. The Hall–Kier alpha value is -1.98. The standard InChI is InChI=1S/C19H20ClNO3S/c1-12-8-14(3)19(15(20)9-12)21-17(22)10-24-18(23)11-25-16-7-5-4-6-13(16)2/h4-9H,10-11H2,1-3H3,(H,21,22). The number of nitrogens with one attached hydrogen (secondary N) is 1. The molecule has 0 aliphatic carbocycles. The van der Waals surface area contributed by atoms with E-state index in [0.717, 1.165) is 21.6 Å². The molecule has 0 saturated heterocycles. The third-order valence-corrected chi connectivity index (χ3v) is 4.95. The molecule has 4 nitrogen and oxygen atoms in total. The van der Waals surface area contributed by atoms with E-state index in [9.17, 15) is 9.59 Å². The van der Waals surface area contributed by atoms with Crippen molar-refractivity contribution in [3.63, 3.8) is 0 Å². The van der Waals surface area contributed by atoms with Gasteiger partial charge in [-0.05, 0) is 49.6 Å². The van der Waals surface area contributed by atoms with Gasteiger partial charge in [0.1, 0.15) is 0 Å². The van der Waals surface area contributed by atoms with Crippen LogP contribution in [-0.2, 0) is 14.3 Å². The Kier molecular flexibility index (Phi) is 6.91. The van der Waals surface area contributed by atoms with Crippen molar-refractivity contribution in [2.45, 2.75) is 25.7 Å². The lowest BCUT2D eigenvalue weighted by molar-refractivity contribution is -0.144. The van der Waals surface area contributed by atoms with Crippen LogP contribution in [0.4, 0.5) is 5.69 Å². The van der Waals surface area contributed by atoms with E-state index in [1.165, 1.54) is 11.8 Å². The van der Waals surface area contributed by atoms with E-state index in [1.807, 2.05) is 51.1 Å². The minimum Gasteiger partial charge on any atom is -0.455 e. The first-order chi connectivity index (χ1) is 11.9. The van der Waals surface area contributed by atoms with Crippen LogP contribution in [0.1, 0.15) is 16.7 Å². The number of hydrogen-bond acceptors (Lipinski definition) is 4. The summed E-state index contributed by atoms with van der Waals surface area (Å²) in [5.74, 6) is -0.694. The fourth-order valence-electron chi connectivity index (χ4n) is 2.29. The van der Waals surface area contributed by atoms with Gasteiger partial charge < -0.3 is 10.1 Å². The number of carbonyl (C=O) groups excluding carboxylic acids is 2. The van der Waals surface area contributed by atoms with E-state index in [4.69, 9.17) is 16.3 Å². The highest BCUT2D eigenvalue weighted by molar-refractivity contribution is 8.00. The van der Waals surface area contributed by atoms with Gasteiger partial charge in [-0.25, -0.2) is 0 Å². The maximum atomic E-state index is 12.0. The summed E-state index contributed by atoms with van der Waals surface area (Å²) in [7, 11) is 0. The largest absolute Gasteiger partial charge is 0.455 e. The zero-order valence-corrected chi connectivity index (χ0v) is 16.0. The Labute approximate surface area is 156 Å². The molecule has 25 heavy (non-hydrogen) atoms. The van der Waals surface area contributed by atoms with Crippen LogP contribution in [0.5, 0.6) is 0 Å². The zero-order valence-electron chi connectivity index (χ0n) is 14.4. The molecule has 0 heterocycles. The van der Waals surface area contributed by atoms with Crippen LogP contribution in [0.25, 0.3) is 0 Å². The summed E-state index contributed by atoms with van der Waals surface area (Å²) in [5, 5.41) is 3.15. The SMILES string of the molecule is Cc1cc(C)c(NC(=O)COC(=O)CSc2ccccc2C)c(Cl)c1. The minimum atomic E-state index is -0.435. The second kappa shape index (κ2) is 8.92. The number of benzene rings is 2. The Bertz CT molecular complexity index is 769. The van der Waals surface area contributed by atoms with E-state index in [1.54, 1.807) is 6.07 Å². The summed E-state index contributed by atoms with van der Waals surface area (Å²) in [6, 6.07) is 11.5. The smallest absolute Gasteiger partial charge is 0.316 e. The van der Waals surface area contributed by atoms with Gasteiger partial charge in [0.05, 0.1) is 16.5 Å². The van der Waals surface area contributed by atoms with Crippen LogP contribution in [-0.4, -0.2) is 24.2 Å². The first-order valence-electron chi connectivity index (χ1n) is 7.77. The quantitative estimate of drug-likeness (QED) is 0.593. The van der Waals surface area contributed by atoms with Crippen molar-refractivity contribution in [3.8, 4) is 0 Å². The average molecular weight is 378 g/mol. The molecule has 0 aliphatic rings. The molecule has 0 spiro atoms. The zero-order chi connectivity index (χ0) is 18.4. The molecule has 2 rings (SSSR count). The van der Waals surface area contributed by atoms with Gasteiger partial charge in [-0.15, -0.1) is 11.8 Å². The highest BCUT2D eigenvalue weighted by Gasteiger charge is 2.12. The highest BCUT2D eigenvalue weighted by Crippen LogP contribution is 2.27. The van der Waals surface area contributed by atoms with Gasteiger partial charge in [-0.1, -0.05) is 35.9 Å². The normalized spacial score (nSPS) is 10.4. The van der Waals surface area contributed by atoms with Gasteiger partial charge in [0.2, 0.25) is 0 Å². The summed E-state index contributed by atoms with van der Waals surface area (Å²) in [4.78, 5) is 24.8. The van der Waals surface area contributed by atoms with Crippen molar-refractivity contribution >= 4 is 40.9 Å². The summed E-state index contributed by atoms with van der Waals surface area (Å²) in [5.41, 5.74) is 3.52. The van der Waals surface area contributed by atoms with E-state index in [0.29, 0.717) is 10.7 Å². The molecule has 6 heteroatoms. The number of ether oxygens (including phenoxy) is 1. The molecule has 0 fully saturated rings. The highest BCUT2D eigenvalue weighted by atomic mass is 35.5. The van der Waals surface area contributed by atoms with Crippen LogP contribution in [0.15, 0.2) is 41.3 Å². The second-order valence-electron chi connectivity index (χ2n) is 5.70. The van der Waals surface area contributed by atoms with Gasteiger partial charge in [0.15, 0.2) is 6.61 Å². The molecule has 132 valence electrons. The average Bonchev–Trinajstić information content (AvgIpc) is 2.55. The Morgan fingerprint density at radius 2 is 1.84 bits per heavy atom. The number of anilines is 1. The number of aryl methyl sites for hydroxylation is 3. The van der Waals surface area contributed by atoms with E-state index in [2.05, 4.69) is 5.32 Å². The number of amides is 1. The molecule has 0 aromatic heterocycles. The van der Waals surface area contributed by atoms with Crippen LogP contribution >= 0.6 is 23.4 Å². The Morgan fingerprint density at radius 3 is 2.52 bits per heavy atom. The van der Waals surface area contributed by atoms with Crippen LogP contribution < -0.4 is 5.32 Å². The van der Waals surface area contributed by atoms with Gasteiger partial charge in [0.25, 0.3) is 5.91 Å². The predicted octanol–water partition coefficient (Wildman–Crippen LogP) is 4.54. The Balaban J connectivity index is 1.82. The summed E-state index contributed by atoms with van der Waals surface area (Å²) in [6.45, 7) is 5.43. The van der Waals surface area contributed by atoms with Crippen molar-refractivity contribution in [2.75, 3.05) is 17.7 Å². The van der Waals surface area contributed by atoms with E-state index < -0.39 is 11.9 Å². The molecule has 1 amide bonds. The van der Waals surface area contributed by atoms with Crippen molar-refractivity contribution in [3.05, 3.63) is 58.1 Å². The number of hydrogen-bond donors (Lipinski definition) is 1. The molecule has 0 radical (unpaired) electrons. The fourth-order valence-corrected chi connectivity index (χ4v) is 3.49. The summed E-state index contributed by atoms with van der Waals surface area (Å²) >= 11 is 7.54. The number of carbonyl (C=O) groups is 2. The van der Waals surface area contributed by atoms with E-state index in [-0.39, 0.29) is 12.4 Å². The maximum absolute atomic E-state index is 12.0. The number of esters is 1. The van der Waals surface area contributed by atoms with Gasteiger partial charge in [0, 0.05) is 4.90 Å². The minimum absolute atomic E-state index is 0.155. The van der Waals surface area contributed by atoms with Gasteiger partial charge in [-0.3, -0.25) is 9.59 Å². The molecule has 0 aliphatic heterocycles. The monoisotopic (exact) mass is 377 g/mol. The summed E-state index contributed by atoms with van der Waals surface area (Å²) < 4.78 is 5.03. The first kappa shape index (κ1) is 19.3. The lowest BCUT2D eigenvalue weighted by atomic mass is 10.1. The molecular formula is C19H20ClNO3S. The molecule has 1 N–H and O–H groups in total. The van der Waals surface area contributed by atoms with E-state index >= 15 is 0 Å². The fraction of sp³-hybridized carbons (Fsp3) is 0.263. The third kappa shape index (κ3) is 5.80. The lowest BCUT2D eigenvalue weighted by Crippen LogP contribution is -2.22. The Morgan fingerprint density at radius 1 is 1.12 bits per heavy atom.